The van der Waals surface area contributed by atoms with Crippen LogP contribution in [-0.2, 0) is 6.42 Å². The van der Waals surface area contributed by atoms with Crippen LogP contribution in [0, 0.1) is 13.8 Å². The summed E-state index contributed by atoms with van der Waals surface area (Å²) in [5.74, 6) is -0.329. The molecular weight excluding hydrogens is 262 g/mol. The molecule has 0 aromatic carbocycles. The van der Waals surface area contributed by atoms with Crippen LogP contribution in [0.1, 0.15) is 40.1 Å². The summed E-state index contributed by atoms with van der Waals surface area (Å²) in [5.41, 5.74) is 8.28. The van der Waals surface area contributed by atoms with Gasteiger partial charge in [0.05, 0.1) is 17.1 Å². The summed E-state index contributed by atoms with van der Waals surface area (Å²) in [6.45, 7) is 5.91. The number of hydrogen-bond donors (Lipinski definition) is 3. The van der Waals surface area contributed by atoms with E-state index in [9.17, 15) is 4.79 Å². The third-order valence-electron chi connectivity index (χ3n) is 2.85. The molecular formula is C12H17N5OS. The summed E-state index contributed by atoms with van der Waals surface area (Å²) in [7, 11) is 0. The number of hydrogen-bond acceptors (Lipinski definition) is 5. The van der Waals surface area contributed by atoms with Crippen molar-refractivity contribution >= 4 is 28.1 Å². The zero-order valence-corrected chi connectivity index (χ0v) is 12.0. The number of aromatic amines is 1. The summed E-state index contributed by atoms with van der Waals surface area (Å²) < 4.78 is 0. The third-order valence-corrected chi connectivity index (χ3v) is 3.84. The fourth-order valence-corrected chi connectivity index (χ4v) is 2.49. The lowest BCUT2D eigenvalue weighted by atomic mass is 10.2. The van der Waals surface area contributed by atoms with Crippen LogP contribution in [0.5, 0.6) is 0 Å². The van der Waals surface area contributed by atoms with Gasteiger partial charge in [-0.1, -0.05) is 13.3 Å². The molecule has 0 unspecified atom stereocenters. The molecule has 1 amide bonds. The van der Waals surface area contributed by atoms with E-state index in [0.717, 1.165) is 29.1 Å². The van der Waals surface area contributed by atoms with E-state index in [1.165, 1.54) is 11.3 Å². The number of nitrogens with two attached hydrogens (primary N) is 1. The number of carbonyl (C=O) groups excluding carboxylic acids is 1. The highest BCUT2D eigenvalue weighted by Crippen LogP contribution is 2.23. The summed E-state index contributed by atoms with van der Waals surface area (Å²) >= 11 is 1.44. The second kappa shape index (κ2) is 5.40. The average molecular weight is 279 g/mol. The van der Waals surface area contributed by atoms with Crippen LogP contribution in [-0.4, -0.2) is 21.1 Å². The summed E-state index contributed by atoms with van der Waals surface area (Å²) in [4.78, 5) is 17.4. The van der Waals surface area contributed by atoms with Gasteiger partial charge in [0.1, 0.15) is 0 Å². The first-order valence-corrected chi connectivity index (χ1v) is 6.92. The van der Waals surface area contributed by atoms with Gasteiger partial charge < -0.3 is 5.73 Å². The number of amides is 1. The number of aryl methyl sites for hydroxylation is 3. The van der Waals surface area contributed by atoms with Crippen molar-refractivity contribution < 1.29 is 4.79 Å². The lowest BCUT2D eigenvalue weighted by Gasteiger charge is -2.00. The molecule has 6 nitrogen and oxygen atoms in total. The minimum absolute atomic E-state index is 0.231. The smallest absolute Gasteiger partial charge is 0.280 e. The van der Waals surface area contributed by atoms with Gasteiger partial charge in [-0.25, -0.2) is 4.98 Å². The molecule has 2 heterocycles. The summed E-state index contributed by atoms with van der Waals surface area (Å²) in [6.07, 6.45) is 1.72. The monoisotopic (exact) mass is 279 g/mol. The number of aromatic nitrogens is 3. The highest BCUT2D eigenvalue weighted by atomic mass is 32.1. The van der Waals surface area contributed by atoms with Crippen molar-refractivity contribution in [1.29, 1.82) is 0 Å². The topological polar surface area (TPSA) is 96.7 Å². The lowest BCUT2D eigenvalue weighted by molar-refractivity contribution is 0.102. The molecule has 2 aromatic rings. The van der Waals surface area contributed by atoms with E-state index in [2.05, 4.69) is 20.5 Å². The second-order valence-electron chi connectivity index (χ2n) is 4.33. The SMILES string of the molecule is CCCc1[nH]nc(C(=O)Nc2nc(C)c(C)s2)c1N. The van der Waals surface area contributed by atoms with Crippen molar-refractivity contribution in [3.05, 3.63) is 22.0 Å². The van der Waals surface area contributed by atoms with Crippen LogP contribution >= 0.6 is 11.3 Å². The Morgan fingerprint density at radius 1 is 1.47 bits per heavy atom. The van der Waals surface area contributed by atoms with Crippen molar-refractivity contribution in [3.63, 3.8) is 0 Å². The van der Waals surface area contributed by atoms with Crippen molar-refractivity contribution in [2.45, 2.75) is 33.6 Å². The highest BCUT2D eigenvalue weighted by Gasteiger charge is 2.18. The minimum Gasteiger partial charge on any atom is -0.395 e. The number of rotatable bonds is 4. The first-order valence-electron chi connectivity index (χ1n) is 6.11. The van der Waals surface area contributed by atoms with Crippen LogP contribution in [0.25, 0.3) is 0 Å². The van der Waals surface area contributed by atoms with Gasteiger partial charge in [0.15, 0.2) is 10.8 Å². The van der Waals surface area contributed by atoms with Gasteiger partial charge in [0.25, 0.3) is 5.91 Å². The van der Waals surface area contributed by atoms with E-state index in [4.69, 9.17) is 5.73 Å². The first-order chi connectivity index (χ1) is 9.02. The van der Waals surface area contributed by atoms with Gasteiger partial charge >= 0.3 is 0 Å². The number of carbonyl (C=O) groups is 1. The standard InChI is InChI=1S/C12H17N5OS/c1-4-5-8-9(13)10(17-16-8)11(18)15-12-14-6(2)7(3)19-12/h4-5,13H2,1-3H3,(H,16,17)(H,14,15,18). The second-order valence-corrected chi connectivity index (χ2v) is 5.53. The fraction of sp³-hybridized carbons (Fsp3) is 0.417. The molecule has 0 aliphatic rings. The van der Waals surface area contributed by atoms with Crippen molar-refractivity contribution in [2.24, 2.45) is 0 Å². The van der Waals surface area contributed by atoms with Gasteiger partial charge in [-0.2, -0.15) is 5.10 Å². The van der Waals surface area contributed by atoms with E-state index in [0.29, 0.717) is 10.8 Å². The predicted octanol–water partition coefficient (Wildman–Crippen LogP) is 2.27. The summed E-state index contributed by atoms with van der Waals surface area (Å²) in [6, 6.07) is 0. The van der Waals surface area contributed by atoms with Gasteiger partial charge in [-0.05, 0) is 20.3 Å². The number of nitrogens with zero attached hydrogens (tertiary/aromatic N) is 2. The zero-order chi connectivity index (χ0) is 14.0. The molecule has 7 heteroatoms. The van der Waals surface area contributed by atoms with E-state index in [1.54, 1.807) is 0 Å². The predicted molar refractivity (Wildman–Crippen MR) is 76.5 cm³/mol. The molecule has 0 fully saturated rings. The average Bonchev–Trinajstić information content (AvgIpc) is 2.85. The van der Waals surface area contributed by atoms with Crippen LogP contribution in [0.2, 0.25) is 0 Å². The molecule has 2 aromatic heterocycles. The normalized spacial score (nSPS) is 10.7. The Morgan fingerprint density at radius 2 is 2.21 bits per heavy atom. The molecule has 19 heavy (non-hydrogen) atoms. The van der Waals surface area contributed by atoms with Crippen molar-refractivity contribution in [2.75, 3.05) is 11.1 Å². The number of thiazole rings is 1. The molecule has 0 aliphatic heterocycles. The molecule has 0 atom stereocenters. The largest absolute Gasteiger partial charge is 0.395 e. The number of nitrogens with one attached hydrogen (secondary N) is 2. The fourth-order valence-electron chi connectivity index (χ4n) is 1.68. The van der Waals surface area contributed by atoms with Gasteiger partial charge in [-0.3, -0.25) is 15.2 Å². The Balaban J connectivity index is 2.16. The Bertz CT molecular complexity index is 582. The first kappa shape index (κ1) is 13.5. The highest BCUT2D eigenvalue weighted by molar-refractivity contribution is 7.15. The number of nitrogen functional groups attached to an aromatic ring is 1. The van der Waals surface area contributed by atoms with Crippen molar-refractivity contribution in [3.8, 4) is 0 Å². The van der Waals surface area contributed by atoms with E-state index in [1.807, 2.05) is 20.8 Å². The molecule has 4 N–H and O–H groups in total. The van der Waals surface area contributed by atoms with Crippen LogP contribution in [0.15, 0.2) is 0 Å². The minimum atomic E-state index is -0.329. The maximum atomic E-state index is 12.1. The van der Waals surface area contributed by atoms with Crippen LogP contribution in [0.3, 0.4) is 0 Å². The molecule has 0 spiro atoms. The van der Waals surface area contributed by atoms with Gasteiger partial charge in [0.2, 0.25) is 0 Å². The van der Waals surface area contributed by atoms with Gasteiger partial charge in [-0.15, -0.1) is 11.3 Å². The molecule has 0 saturated heterocycles. The van der Waals surface area contributed by atoms with Gasteiger partial charge in [0, 0.05) is 4.88 Å². The number of H-pyrrole nitrogens is 1. The number of anilines is 2. The molecule has 0 bridgehead atoms. The molecule has 0 radical (unpaired) electrons. The Labute approximate surface area is 115 Å². The molecule has 2 rings (SSSR count). The maximum Gasteiger partial charge on any atom is 0.280 e. The zero-order valence-electron chi connectivity index (χ0n) is 11.2. The van der Waals surface area contributed by atoms with E-state index < -0.39 is 0 Å². The molecule has 102 valence electrons. The lowest BCUT2D eigenvalue weighted by Crippen LogP contribution is -2.14. The van der Waals surface area contributed by atoms with E-state index in [-0.39, 0.29) is 11.6 Å². The summed E-state index contributed by atoms with van der Waals surface area (Å²) in [5, 5.41) is 10.1. The third kappa shape index (κ3) is 2.76. The Morgan fingerprint density at radius 3 is 2.79 bits per heavy atom. The molecule has 0 aliphatic carbocycles. The molecule has 0 saturated carbocycles. The Hall–Kier alpha value is -1.89. The Kier molecular flexibility index (Phi) is 3.84. The quantitative estimate of drug-likeness (QED) is 0.799. The van der Waals surface area contributed by atoms with Crippen LogP contribution < -0.4 is 11.1 Å². The van der Waals surface area contributed by atoms with E-state index >= 15 is 0 Å². The maximum absolute atomic E-state index is 12.1. The van der Waals surface area contributed by atoms with Crippen LogP contribution in [0.4, 0.5) is 10.8 Å². The van der Waals surface area contributed by atoms with Crippen molar-refractivity contribution in [1.82, 2.24) is 15.2 Å².